The Kier molecular flexibility index (Phi) is 7.39. The van der Waals surface area contributed by atoms with Crippen molar-refractivity contribution in [3.8, 4) is 0 Å². The number of hydrogen-bond donors (Lipinski definition) is 0. The number of ether oxygens (including phenoxy) is 1. The van der Waals surface area contributed by atoms with Crippen molar-refractivity contribution >= 4 is 5.97 Å². The van der Waals surface area contributed by atoms with Crippen LogP contribution >= 0.6 is 0 Å². The van der Waals surface area contributed by atoms with Crippen LogP contribution in [0.2, 0.25) is 0 Å². The third-order valence-electron chi connectivity index (χ3n) is 4.24. The maximum Gasteiger partial charge on any atom is 0.323 e. The Morgan fingerprint density at radius 3 is 2.79 bits per heavy atom. The van der Waals surface area contributed by atoms with Gasteiger partial charge in [0.25, 0.3) is 0 Å². The van der Waals surface area contributed by atoms with E-state index in [0.29, 0.717) is 6.04 Å². The third kappa shape index (κ3) is 4.77. The van der Waals surface area contributed by atoms with Crippen LogP contribution in [0.15, 0.2) is 0 Å². The number of methoxy groups -OCH3 is 1. The summed E-state index contributed by atoms with van der Waals surface area (Å²) in [5.41, 5.74) is 0. The monoisotopic (exact) mass is 270 g/mol. The van der Waals surface area contributed by atoms with Gasteiger partial charge in [0.1, 0.15) is 6.04 Å². The molecule has 2 atom stereocenters. The summed E-state index contributed by atoms with van der Waals surface area (Å²) in [6, 6.07) is 0.521. The minimum atomic E-state index is -0.0861. The number of rotatable bonds is 8. The van der Waals surface area contributed by atoms with E-state index in [1.54, 1.807) is 0 Å². The Morgan fingerprint density at radius 2 is 2.21 bits per heavy atom. The predicted octanol–water partition coefficient (Wildman–Crippen LogP) is 2.13. The van der Waals surface area contributed by atoms with Gasteiger partial charge in [-0.25, -0.2) is 0 Å². The van der Waals surface area contributed by atoms with E-state index in [-0.39, 0.29) is 12.0 Å². The molecule has 1 fully saturated rings. The van der Waals surface area contributed by atoms with Crippen molar-refractivity contribution in [2.75, 3.05) is 33.8 Å². The number of carbonyl (C=O) groups excluding carboxylic acids is 1. The van der Waals surface area contributed by atoms with Crippen LogP contribution in [0.25, 0.3) is 0 Å². The van der Waals surface area contributed by atoms with E-state index in [1.807, 2.05) is 0 Å². The first-order chi connectivity index (χ1) is 9.13. The highest BCUT2D eigenvalue weighted by atomic mass is 16.5. The SMILES string of the molecule is CCCCC(C(=O)OC)N(C)CC1CCCN1CC. The zero-order valence-electron chi connectivity index (χ0n) is 13.0. The van der Waals surface area contributed by atoms with Crippen LogP contribution in [0.5, 0.6) is 0 Å². The summed E-state index contributed by atoms with van der Waals surface area (Å²) in [5, 5.41) is 0. The lowest BCUT2D eigenvalue weighted by Crippen LogP contribution is -2.46. The van der Waals surface area contributed by atoms with E-state index in [2.05, 4.69) is 30.7 Å². The van der Waals surface area contributed by atoms with Gasteiger partial charge in [0.2, 0.25) is 0 Å². The van der Waals surface area contributed by atoms with Gasteiger partial charge in [-0.05, 0) is 39.4 Å². The second kappa shape index (κ2) is 8.54. The first-order valence-electron chi connectivity index (χ1n) is 7.66. The molecule has 1 heterocycles. The molecule has 1 aliphatic heterocycles. The fourth-order valence-electron chi connectivity index (χ4n) is 3.03. The second-order valence-corrected chi connectivity index (χ2v) is 5.55. The Bertz CT molecular complexity index is 271. The second-order valence-electron chi connectivity index (χ2n) is 5.55. The Hall–Kier alpha value is -0.610. The number of unbranched alkanes of at least 4 members (excludes halogenated alkanes) is 1. The van der Waals surface area contributed by atoms with E-state index in [9.17, 15) is 4.79 Å². The number of likely N-dealkylation sites (tertiary alicyclic amines) is 1. The molecule has 112 valence electrons. The molecule has 0 aliphatic carbocycles. The molecule has 0 aromatic carbocycles. The molecule has 0 N–H and O–H groups in total. The molecule has 1 rings (SSSR count). The van der Waals surface area contributed by atoms with Crippen molar-refractivity contribution in [3.05, 3.63) is 0 Å². The van der Waals surface area contributed by atoms with Gasteiger partial charge in [-0.15, -0.1) is 0 Å². The fourth-order valence-corrected chi connectivity index (χ4v) is 3.03. The normalized spacial score (nSPS) is 21.8. The van der Waals surface area contributed by atoms with Crippen molar-refractivity contribution in [3.63, 3.8) is 0 Å². The highest BCUT2D eigenvalue weighted by Gasteiger charge is 2.29. The van der Waals surface area contributed by atoms with Gasteiger partial charge < -0.3 is 4.74 Å². The molecule has 0 aromatic rings. The van der Waals surface area contributed by atoms with Crippen molar-refractivity contribution < 1.29 is 9.53 Å². The van der Waals surface area contributed by atoms with Gasteiger partial charge in [0.15, 0.2) is 0 Å². The van der Waals surface area contributed by atoms with Crippen LogP contribution in [-0.2, 0) is 9.53 Å². The van der Waals surface area contributed by atoms with Crippen molar-refractivity contribution in [1.82, 2.24) is 9.80 Å². The van der Waals surface area contributed by atoms with Gasteiger partial charge in [-0.3, -0.25) is 14.6 Å². The van der Waals surface area contributed by atoms with Gasteiger partial charge in [0.05, 0.1) is 7.11 Å². The first-order valence-corrected chi connectivity index (χ1v) is 7.66. The zero-order chi connectivity index (χ0) is 14.3. The number of likely N-dealkylation sites (N-methyl/N-ethyl adjacent to an activating group) is 2. The third-order valence-corrected chi connectivity index (χ3v) is 4.24. The molecule has 0 saturated carbocycles. The number of nitrogens with zero attached hydrogens (tertiary/aromatic N) is 2. The quantitative estimate of drug-likeness (QED) is 0.633. The molecule has 0 amide bonds. The average Bonchev–Trinajstić information content (AvgIpc) is 2.85. The predicted molar refractivity (Wildman–Crippen MR) is 78.2 cm³/mol. The Labute approximate surface area is 118 Å². The topological polar surface area (TPSA) is 32.8 Å². The van der Waals surface area contributed by atoms with Crippen molar-refractivity contribution in [1.29, 1.82) is 0 Å². The van der Waals surface area contributed by atoms with Crippen molar-refractivity contribution in [2.24, 2.45) is 0 Å². The van der Waals surface area contributed by atoms with Crippen LogP contribution in [0, 0.1) is 0 Å². The molecule has 0 aromatic heterocycles. The summed E-state index contributed by atoms with van der Waals surface area (Å²) in [7, 11) is 3.55. The molecular weight excluding hydrogens is 240 g/mol. The summed E-state index contributed by atoms with van der Waals surface area (Å²) in [4.78, 5) is 16.6. The molecule has 19 heavy (non-hydrogen) atoms. The maximum atomic E-state index is 11.9. The Balaban J connectivity index is 2.55. The molecule has 2 unspecified atom stereocenters. The molecule has 4 heteroatoms. The van der Waals surface area contributed by atoms with Gasteiger partial charge in [-0.1, -0.05) is 26.7 Å². The van der Waals surface area contributed by atoms with Crippen LogP contribution < -0.4 is 0 Å². The van der Waals surface area contributed by atoms with Crippen LogP contribution in [-0.4, -0.2) is 61.6 Å². The number of carbonyl (C=O) groups is 1. The number of esters is 1. The van der Waals surface area contributed by atoms with E-state index in [0.717, 1.165) is 32.4 Å². The molecule has 1 aliphatic rings. The molecule has 0 radical (unpaired) electrons. The van der Waals surface area contributed by atoms with Gasteiger partial charge in [0, 0.05) is 12.6 Å². The molecule has 0 spiro atoms. The molecule has 4 nitrogen and oxygen atoms in total. The molecule has 1 saturated heterocycles. The van der Waals surface area contributed by atoms with E-state index in [4.69, 9.17) is 4.74 Å². The highest BCUT2D eigenvalue weighted by Crippen LogP contribution is 2.19. The average molecular weight is 270 g/mol. The van der Waals surface area contributed by atoms with Crippen LogP contribution in [0.3, 0.4) is 0 Å². The smallest absolute Gasteiger partial charge is 0.323 e. The van der Waals surface area contributed by atoms with Gasteiger partial charge in [-0.2, -0.15) is 0 Å². The number of hydrogen-bond acceptors (Lipinski definition) is 4. The lowest BCUT2D eigenvalue weighted by atomic mass is 10.1. The summed E-state index contributed by atoms with van der Waals surface area (Å²) < 4.78 is 4.95. The lowest BCUT2D eigenvalue weighted by Gasteiger charge is -2.31. The zero-order valence-corrected chi connectivity index (χ0v) is 13.0. The van der Waals surface area contributed by atoms with E-state index in [1.165, 1.54) is 26.5 Å². The Morgan fingerprint density at radius 1 is 1.47 bits per heavy atom. The maximum absolute atomic E-state index is 11.9. The standard InChI is InChI=1S/C15H30N2O2/c1-5-7-10-14(15(18)19-4)16(3)12-13-9-8-11-17(13)6-2/h13-14H,5-12H2,1-4H3. The summed E-state index contributed by atoms with van der Waals surface area (Å²) in [5.74, 6) is -0.0861. The van der Waals surface area contributed by atoms with E-state index < -0.39 is 0 Å². The summed E-state index contributed by atoms with van der Waals surface area (Å²) in [6.45, 7) is 7.65. The lowest BCUT2D eigenvalue weighted by molar-refractivity contribution is -0.147. The minimum Gasteiger partial charge on any atom is -0.468 e. The minimum absolute atomic E-state index is 0.0794. The molecular formula is C15H30N2O2. The largest absolute Gasteiger partial charge is 0.468 e. The van der Waals surface area contributed by atoms with Crippen LogP contribution in [0.1, 0.15) is 46.0 Å². The summed E-state index contributed by atoms with van der Waals surface area (Å²) >= 11 is 0. The summed E-state index contributed by atoms with van der Waals surface area (Å²) in [6.07, 6.45) is 5.63. The first kappa shape index (κ1) is 16.4. The van der Waals surface area contributed by atoms with E-state index >= 15 is 0 Å². The molecule has 0 bridgehead atoms. The van der Waals surface area contributed by atoms with Gasteiger partial charge >= 0.3 is 5.97 Å². The highest BCUT2D eigenvalue weighted by molar-refractivity contribution is 5.75. The van der Waals surface area contributed by atoms with Crippen LogP contribution in [0.4, 0.5) is 0 Å². The fraction of sp³-hybridized carbons (Fsp3) is 0.933. The van der Waals surface area contributed by atoms with Crippen molar-refractivity contribution in [2.45, 2.75) is 58.0 Å².